The van der Waals surface area contributed by atoms with Gasteiger partial charge in [-0.1, -0.05) is 6.07 Å². The maximum atomic E-state index is 13.2. The van der Waals surface area contributed by atoms with Crippen LogP contribution in [0.3, 0.4) is 0 Å². The number of nitrogens with zero attached hydrogens (tertiary/aromatic N) is 1. The van der Waals surface area contributed by atoms with Crippen molar-refractivity contribution in [3.63, 3.8) is 0 Å². The van der Waals surface area contributed by atoms with Gasteiger partial charge in [-0.05, 0) is 61.2 Å². The lowest BCUT2D eigenvalue weighted by molar-refractivity contribution is 0.0673. The number of H-pyrrole nitrogens is 1. The highest BCUT2D eigenvalue weighted by Gasteiger charge is 2.26. The fourth-order valence-electron chi connectivity index (χ4n) is 3.78. The van der Waals surface area contributed by atoms with Crippen molar-refractivity contribution in [3.05, 3.63) is 76.5 Å². The van der Waals surface area contributed by atoms with Crippen molar-refractivity contribution >= 4 is 17.6 Å². The van der Waals surface area contributed by atoms with Crippen LogP contribution in [0.2, 0.25) is 0 Å². The van der Waals surface area contributed by atoms with Gasteiger partial charge in [0.1, 0.15) is 17.1 Å². The van der Waals surface area contributed by atoms with Gasteiger partial charge in [-0.2, -0.15) is 0 Å². The number of carbonyl (C=O) groups excluding carboxylic acids is 2. The molecular formula is C23H23FN4O4. The molecule has 8 nitrogen and oxygen atoms in total. The average molecular weight is 438 g/mol. The van der Waals surface area contributed by atoms with Crippen LogP contribution in [-0.4, -0.2) is 41.5 Å². The molecule has 32 heavy (non-hydrogen) atoms. The Hall–Kier alpha value is -3.88. The van der Waals surface area contributed by atoms with Gasteiger partial charge in [0, 0.05) is 25.3 Å². The average Bonchev–Trinajstić information content (AvgIpc) is 3.32. The van der Waals surface area contributed by atoms with Gasteiger partial charge in [-0.25, -0.2) is 9.18 Å². The van der Waals surface area contributed by atoms with Crippen molar-refractivity contribution in [1.82, 2.24) is 15.2 Å². The number of anilines is 1. The molecule has 2 aromatic heterocycles. The summed E-state index contributed by atoms with van der Waals surface area (Å²) in [5.74, 6) is -0.211. The molecule has 3 aromatic rings. The summed E-state index contributed by atoms with van der Waals surface area (Å²) >= 11 is 0. The van der Waals surface area contributed by atoms with Crippen molar-refractivity contribution < 1.29 is 18.4 Å². The van der Waals surface area contributed by atoms with Crippen LogP contribution in [0, 0.1) is 11.7 Å². The highest BCUT2D eigenvalue weighted by atomic mass is 19.1. The Morgan fingerprint density at radius 2 is 2.06 bits per heavy atom. The molecule has 166 valence electrons. The van der Waals surface area contributed by atoms with E-state index in [1.807, 2.05) is 0 Å². The topological polar surface area (TPSA) is 107 Å². The zero-order valence-corrected chi connectivity index (χ0v) is 17.3. The van der Waals surface area contributed by atoms with E-state index in [2.05, 4.69) is 15.6 Å². The van der Waals surface area contributed by atoms with E-state index < -0.39 is 17.4 Å². The van der Waals surface area contributed by atoms with Crippen LogP contribution in [0.25, 0.3) is 11.5 Å². The van der Waals surface area contributed by atoms with E-state index in [4.69, 9.17) is 4.42 Å². The van der Waals surface area contributed by atoms with E-state index in [9.17, 15) is 18.8 Å². The second-order valence-electron chi connectivity index (χ2n) is 7.70. The zero-order chi connectivity index (χ0) is 22.5. The third kappa shape index (κ3) is 5.05. The summed E-state index contributed by atoms with van der Waals surface area (Å²) in [4.78, 5) is 41.8. The summed E-state index contributed by atoms with van der Waals surface area (Å²) in [6.07, 6.45) is 3.12. The number of likely N-dealkylation sites (tertiary alicyclic amines) is 1. The van der Waals surface area contributed by atoms with Gasteiger partial charge in [0.05, 0.1) is 12.0 Å². The Bertz CT molecular complexity index is 1160. The van der Waals surface area contributed by atoms with Gasteiger partial charge in [-0.3, -0.25) is 9.59 Å². The zero-order valence-electron chi connectivity index (χ0n) is 17.3. The number of aromatic nitrogens is 1. The fourth-order valence-corrected chi connectivity index (χ4v) is 3.78. The number of hydrogen-bond acceptors (Lipinski definition) is 4. The molecule has 0 radical (unpaired) electrons. The monoisotopic (exact) mass is 438 g/mol. The molecule has 1 unspecified atom stereocenters. The number of benzene rings is 1. The number of carbonyl (C=O) groups is 2. The molecule has 3 amide bonds. The lowest BCUT2D eigenvalue weighted by Gasteiger charge is -2.32. The van der Waals surface area contributed by atoms with Gasteiger partial charge >= 0.3 is 6.03 Å². The molecule has 0 aliphatic carbocycles. The molecule has 1 aliphatic heterocycles. The van der Waals surface area contributed by atoms with Crippen molar-refractivity contribution in [2.45, 2.75) is 12.8 Å². The Morgan fingerprint density at radius 1 is 1.19 bits per heavy atom. The number of aromatic amines is 1. The maximum Gasteiger partial charge on any atom is 0.319 e. The first-order valence-electron chi connectivity index (χ1n) is 10.4. The van der Waals surface area contributed by atoms with Crippen molar-refractivity contribution in [1.29, 1.82) is 0 Å². The van der Waals surface area contributed by atoms with E-state index in [1.165, 1.54) is 30.5 Å². The first-order chi connectivity index (χ1) is 15.5. The van der Waals surface area contributed by atoms with Crippen LogP contribution in [0.1, 0.15) is 23.2 Å². The molecule has 1 atom stereocenters. The minimum atomic E-state index is -0.474. The molecule has 0 spiro atoms. The van der Waals surface area contributed by atoms with Crippen molar-refractivity contribution in [2.24, 2.45) is 5.92 Å². The molecule has 4 rings (SSSR count). The Balaban J connectivity index is 1.34. The number of furan rings is 1. The molecule has 9 heteroatoms. The summed E-state index contributed by atoms with van der Waals surface area (Å²) in [5.41, 5.74) is 0.457. The SMILES string of the molecule is O=C(NCC1CCCN(C(=O)c2ccc(-c3ccco3)[nH]c2=O)C1)Nc1cccc(F)c1. The molecule has 0 saturated carbocycles. The predicted octanol–water partition coefficient (Wildman–Crippen LogP) is 3.45. The highest BCUT2D eigenvalue weighted by Crippen LogP contribution is 2.19. The van der Waals surface area contributed by atoms with Crippen LogP contribution in [0.4, 0.5) is 14.9 Å². The minimum absolute atomic E-state index is 0.0485. The number of rotatable bonds is 5. The molecule has 1 aromatic carbocycles. The highest BCUT2D eigenvalue weighted by molar-refractivity contribution is 5.94. The smallest absolute Gasteiger partial charge is 0.319 e. The van der Waals surface area contributed by atoms with Gasteiger partial charge < -0.3 is 24.9 Å². The molecule has 1 saturated heterocycles. The van der Waals surface area contributed by atoms with E-state index in [1.54, 1.807) is 29.2 Å². The first-order valence-corrected chi connectivity index (χ1v) is 10.4. The maximum absolute atomic E-state index is 13.2. The van der Waals surface area contributed by atoms with Crippen molar-refractivity contribution in [2.75, 3.05) is 25.0 Å². The normalized spacial score (nSPS) is 15.9. The lowest BCUT2D eigenvalue weighted by Crippen LogP contribution is -2.45. The Labute approximate surface area is 183 Å². The number of nitrogens with one attached hydrogen (secondary N) is 3. The summed E-state index contributed by atoms with van der Waals surface area (Å²) in [6.45, 7) is 1.33. The van der Waals surface area contributed by atoms with Crippen LogP contribution >= 0.6 is 0 Å². The first kappa shape index (κ1) is 21.4. The molecule has 0 bridgehead atoms. The summed E-state index contributed by atoms with van der Waals surface area (Å²) in [6, 6.07) is 11.8. The molecule has 1 fully saturated rings. The predicted molar refractivity (Wildman–Crippen MR) is 117 cm³/mol. The number of halogens is 1. The number of hydrogen-bond donors (Lipinski definition) is 3. The standard InChI is InChI=1S/C23H23FN4O4/c24-16-5-1-6-17(12-16)26-23(31)25-13-15-4-2-10-28(14-15)22(30)18-8-9-19(27-21(18)29)20-7-3-11-32-20/h1,3,5-9,11-12,15H,2,4,10,13-14H2,(H,27,29)(H2,25,26,31). The van der Waals surface area contributed by atoms with Crippen LogP contribution in [0.5, 0.6) is 0 Å². The Kier molecular flexibility index (Phi) is 6.34. The second kappa shape index (κ2) is 9.51. The van der Waals surface area contributed by atoms with Crippen LogP contribution < -0.4 is 16.2 Å². The molecule has 3 heterocycles. The number of pyridine rings is 1. The summed E-state index contributed by atoms with van der Waals surface area (Å²) in [7, 11) is 0. The summed E-state index contributed by atoms with van der Waals surface area (Å²) < 4.78 is 18.5. The van der Waals surface area contributed by atoms with Crippen LogP contribution in [-0.2, 0) is 0 Å². The van der Waals surface area contributed by atoms with E-state index in [-0.39, 0.29) is 17.4 Å². The second-order valence-corrected chi connectivity index (χ2v) is 7.70. The van der Waals surface area contributed by atoms with Gasteiger partial charge in [-0.15, -0.1) is 0 Å². The van der Waals surface area contributed by atoms with E-state index >= 15 is 0 Å². The van der Waals surface area contributed by atoms with Crippen molar-refractivity contribution in [3.8, 4) is 11.5 Å². The largest absolute Gasteiger partial charge is 0.463 e. The van der Waals surface area contributed by atoms with Gasteiger partial charge in [0.2, 0.25) is 0 Å². The quantitative estimate of drug-likeness (QED) is 0.567. The molecule has 1 aliphatic rings. The molecular weight excluding hydrogens is 415 g/mol. The third-order valence-electron chi connectivity index (χ3n) is 5.37. The number of amides is 3. The Morgan fingerprint density at radius 3 is 2.81 bits per heavy atom. The fraction of sp³-hybridized carbons (Fsp3) is 0.261. The molecule has 3 N–H and O–H groups in total. The van der Waals surface area contributed by atoms with Gasteiger partial charge in [0.15, 0.2) is 0 Å². The van der Waals surface area contributed by atoms with Gasteiger partial charge in [0.25, 0.3) is 11.5 Å². The minimum Gasteiger partial charge on any atom is -0.463 e. The lowest BCUT2D eigenvalue weighted by atomic mass is 9.97. The van der Waals surface area contributed by atoms with Crippen LogP contribution in [0.15, 0.2) is 64.0 Å². The number of piperidine rings is 1. The number of urea groups is 1. The summed E-state index contributed by atoms with van der Waals surface area (Å²) in [5, 5.41) is 5.35. The van der Waals surface area contributed by atoms with E-state index in [0.29, 0.717) is 36.8 Å². The third-order valence-corrected chi connectivity index (χ3v) is 5.37. The van der Waals surface area contributed by atoms with E-state index in [0.717, 1.165) is 12.8 Å².